The van der Waals surface area contributed by atoms with Gasteiger partial charge in [-0.2, -0.15) is 8.42 Å². The molecular weight excluding hydrogens is 691 g/mol. The Labute approximate surface area is 336 Å². The molecule has 0 radical (unpaired) electrons. The second-order valence-corrected chi connectivity index (χ2v) is 17.9. The lowest BCUT2D eigenvalue weighted by Gasteiger charge is -2.23. The number of hydrogen-bond donors (Lipinski definition) is 3. The standard InChI is InChI=1S/C47H91NO5S/c1-3-5-7-9-11-13-15-17-19-21-23-24-25-26-28-30-32-34-36-38-40-42-46(49)45(44-54(51,52)53)48-47(50)43-41-39-37-35-33-31-29-27-22-20-18-16-14-12-10-8-6-4-2/h14,16,20,22,45-46,49H,3-13,15,17-19,21,23-44H2,1-2H3,(H,48,50)(H,51,52,53)/b16-14-,22-20-. The molecule has 0 heterocycles. The summed E-state index contributed by atoms with van der Waals surface area (Å²) in [6.45, 7) is 4.53. The van der Waals surface area contributed by atoms with Crippen LogP contribution in [0.2, 0.25) is 0 Å². The van der Waals surface area contributed by atoms with Crippen molar-refractivity contribution >= 4 is 16.0 Å². The molecule has 7 heteroatoms. The fourth-order valence-corrected chi connectivity index (χ4v) is 8.13. The van der Waals surface area contributed by atoms with E-state index in [9.17, 15) is 22.9 Å². The van der Waals surface area contributed by atoms with Crippen LogP contribution in [0, 0.1) is 0 Å². The quantitative estimate of drug-likeness (QED) is 0.0325. The smallest absolute Gasteiger partial charge is 0.266 e. The van der Waals surface area contributed by atoms with Gasteiger partial charge in [-0.15, -0.1) is 0 Å². The topological polar surface area (TPSA) is 104 Å². The number of nitrogens with one attached hydrogen (secondary N) is 1. The molecule has 1 amide bonds. The fraction of sp³-hybridized carbons (Fsp3) is 0.894. The predicted molar refractivity (Wildman–Crippen MR) is 235 cm³/mol. The monoisotopic (exact) mass is 782 g/mol. The molecule has 2 atom stereocenters. The number of aliphatic hydroxyl groups excluding tert-OH is 1. The molecule has 54 heavy (non-hydrogen) atoms. The van der Waals surface area contributed by atoms with Crippen LogP contribution in [0.25, 0.3) is 0 Å². The van der Waals surface area contributed by atoms with E-state index in [4.69, 9.17) is 0 Å². The third-order valence-corrected chi connectivity index (χ3v) is 11.7. The number of unbranched alkanes of at least 4 members (excludes halogenated alkanes) is 31. The van der Waals surface area contributed by atoms with Crippen molar-refractivity contribution in [3.05, 3.63) is 24.3 Å². The molecule has 0 saturated carbocycles. The Morgan fingerprint density at radius 3 is 1.22 bits per heavy atom. The van der Waals surface area contributed by atoms with E-state index in [1.54, 1.807) is 0 Å². The van der Waals surface area contributed by atoms with Crippen molar-refractivity contribution in [2.24, 2.45) is 0 Å². The molecule has 0 aromatic rings. The summed E-state index contributed by atoms with van der Waals surface area (Å²) in [7, 11) is -4.31. The summed E-state index contributed by atoms with van der Waals surface area (Å²) in [6, 6.07) is -0.974. The van der Waals surface area contributed by atoms with Gasteiger partial charge < -0.3 is 10.4 Å². The van der Waals surface area contributed by atoms with Gasteiger partial charge in [0.25, 0.3) is 10.1 Å². The minimum Gasteiger partial charge on any atom is -0.391 e. The number of hydrogen-bond acceptors (Lipinski definition) is 4. The highest BCUT2D eigenvalue weighted by Gasteiger charge is 2.26. The zero-order valence-electron chi connectivity index (χ0n) is 35.9. The third-order valence-electron chi connectivity index (χ3n) is 10.9. The minimum atomic E-state index is -4.31. The Morgan fingerprint density at radius 2 is 0.833 bits per heavy atom. The van der Waals surface area contributed by atoms with Gasteiger partial charge in [0.2, 0.25) is 5.91 Å². The van der Waals surface area contributed by atoms with E-state index in [0.717, 1.165) is 57.8 Å². The van der Waals surface area contributed by atoms with Crippen molar-refractivity contribution in [1.82, 2.24) is 5.32 Å². The van der Waals surface area contributed by atoms with Crippen molar-refractivity contribution in [2.75, 3.05) is 5.75 Å². The molecule has 0 aliphatic rings. The van der Waals surface area contributed by atoms with Gasteiger partial charge in [-0.25, -0.2) is 0 Å². The number of rotatable bonds is 43. The molecule has 0 bridgehead atoms. The summed E-state index contributed by atoms with van der Waals surface area (Å²) in [6.07, 6.45) is 52.8. The molecule has 0 spiro atoms. The van der Waals surface area contributed by atoms with Crippen LogP contribution >= 0.6 is 0 Å². The van der Waals surface area contributed by atoms with Crippen molar-refractivity contribution < 1.29 is 22.9 Å². The molecule has 6 nitrogen and oxygen atoms in total. The van der Waals surface area contributed by atoms with Gasteiger partial charge >= 0.3 is 0 Å². The lowest BCUT2D eigenvalue weighted by atomic mass is 10.0. The van der Waals surface area contributed by atoms with E-state index in [-0.39, 0.29) is 5.91 Å². The first-order valence-electron chi connectivity index (χ1n) is 23.5. The van der Waals surface area contributed by atoms with Crippen molar-refractivity contribution in [1.29, 1.82) is 0 Å². The van der Waals surface area contributed by atoms with Gasteiger partial charge in [-0.05, 0) is 44.9 Å². The normalized spacial score (nSPS) is 13.3. The van der Waals surface area contributed by atoms with E-state index in [2.05, 4.69) is 43.5 Å². The number of amides is 1. The lowest BCUT2D eigenvalue weighted by Crippen LogP contribution is -2.47. The summed E-state index contributed by atoms with van der Waals surface area (Å²) in [4.78, 5) is 12.6. The molecule has 320 valence electrons. The van der Waals surface area contributed by atoms with Crippen LogP contribution in [-0.4, -0.2) is 41.9 Å². The van der Waals surface area contributed by atoms with Gasteiger partial charge in [0, 0.05) is 6.42 Å². The summed E-state index contributed by atoms with van der Waals surface area (Å²) in [5.74, 6) is -0.899. The van der Waals surface area contributed by atoms with Gasteiger partial charge in [0.05, 0.1) is 17.9 Å². The highest BCUT2D eigenvalue weighted by molar-refractivity contribution is 7.85. The van der Waals surface area contributed by atoms with Crippen LogP contribution in [0.5, 0.6) is 0 Å². The van der Waals surface area contributed by atoms with E-state index in [0.29, 0.717) is 12.8 Å². The molecule has 0 aliphatic heterocycles. The maximum atomic E-state index is 12.6. The molecule has 0 aromatic carbocycles. The molecule has 0 rings (SSSR count). The average Bonchev–Trinajstić information content (AvgIpc) is 3.14. The van der Waals surface area contributed by atoms with E-state index in [1.165, 1.54) is 167 Å². The predicted octanol–water partition coefficient (Wildman–Crippen LogP) is 14.3. The first-order chi connectivity index (χ1) is 26.3. The maximum absolute atomic E-state index is 12.6. The Kier molecular flexibility index (Phi) is 40.5. The van der Waals surface area contributed by atoms with E-state index < -0.39 is 28.0 Å². The molecule has 3 N–H and O–H groups in total. The van der Waals surface area contributed by atoms with E-state index >= 15 is 0 Å². The molecule has 0 saturated heterocycles. The highest BCUT2D eigenvalue weighted by atomic mass is 32.2. The van der Waals surface area contributed by atoms with Crippen molar-refractivity contribution in [3.63, 3.8) is 0 Å². The highest BCUT2D eigenvalue weighted by Crippen LogP contribution is 2.17. The Hall–Kier alpha value is -1.18. The van der Waals surface area contributed by atoms with Crippen LogP contribution in [0.4, 0.5) is 0 Å². The first kappa shape index (κ1) is 52.8. The first-order valence-corrected chi connectivity index (χ1v) is 25.1. The SMILES string of the molecule is CCCCCC/C=C\C/C=C\CCCCCCCCCC(=O)NC(CS(=O)(=O)O)C(O)CCCCCCCCCCCCCCCCCCCCCCC. The Bertz CT molecular complexity index is 950. The maximum Gasteiger partial charge on any atom is 0.266 e. The Balaban J connectivity index is 3.79. The van der Waals surface area contributed by atoms with Gasteiger partial charge in [-0.1, -0.05) is 224 Å². The summed E-state index contributed by atoms with van der Waals surface area (Å²) < 4.78 is 32.7. The number of aliphatic hydroxyl groups is 1. The number of carbonyl (C=O) groups excluding carboxylic acids is 1. The molecule has 0 aromatic heterocycles. The second-order valence-electron chi connectivity index (χ2n) is 16.4. The Morgan fingerprint density at radius 1 is 0.500 bits per heavy atom. The second kappa shape index (κ2) is 41.5. The summed E-state index contributed by atoms with van der Waals surface area (Å²) in [5.41, 5.74) is 0. The van der Waals surface area contributed by atoms with Gasteiger partial charge in [-0.3, -0.25) is 9.35 Å². The average molecular weight is 782 g/mol. The zero-order valence-corrected chi connectivity index (χ0v) is 36.7. The summed E-state index contributed by atoms with van der Waals surface area (Å²) in [5, 5.41) is 13.4. The number of carbonyl (C=O) groups is 1. The van der Waals surface area contributed by atoms with Crippen molar-refractivity contribution in [3.8, 4) is 0 Å². The lowest BCUT2D eigenvalue weighted by molar-refractivity contribution is -0.122. The van der Waals surface area contributed by atoms with Gasteiger partial charge in [0.1, 0.15) is 0 Å². The molecular formula is C47H91NO5S. The van der Waals surface area contributed by atoms with Crippen LogP contribution in [-0.2, 0) is 14.9 Å². The molecule has 0 aliphatic carbocycles. The van der Waals surface area contributed by atoms with Crippen LogP contribution in [0.3, 0.4) is 0 Å². The summed E-state index contributed by atoms with van der Waals surface area (Å²) >= 11 is 0. The number of allylic oxidation sites excluding steroid dienone is 4. The van der Waals surface area contributed by atoms with Crippen LogP contribution in [0.15, 0.2) is 24.3 Å². The van der Waals surface area contributed by atoms with Crippen LogP contribution in [0.1, 0.15) is 251 Å². The van der Waals surface area contributed by atoms with Gasteiger partial charge in [0.15, 0.2) is 0 Å². The van der Waals surface area contributed by atoms with Crippen LogP contribution < -0.4 is 5.32 Å². The molecule has 0 fully saturated rings. The largest absolute Gasteiger partial charge is 0.391 e. The third kappa shape index (κ3) is 42.0. The molecule has 2 unspecified atom stereocenters. The minimum absolute atomic E-state index is 0.250. The zero-order chi connectivity index (χ0) is 39.6. The van der Waals surface area contributed by atoms with Crippen molar-refractivity contribution in [2.45, 2.75) is 264 Å². The van der Waals surface area contributed by atoms with E-state index in [1.807, 2.05) is 0 Å². The fourth-order valence-electron chi connectivity index (χ4n) is 7.37.